The van der Waals surface area contributed by atoms with E-state index in [2.05, 4.69) is 10.3 Å². The number of hydrogen-bond acceptors (Lipinski definition) is 5. The van der Waals surface area contributed by atoms with Gasteiger partial charge in [0.2, 0.25) is 10.0 Å². The number of hydrogen-bond donors (Lipinski definition) is 1. The first-order chi connectivity index (χ1) is 12.7. The highest BCUT2D eigenvalue weighted by atomic mass is 32.2. The first-order valence-electron chi connectivity index (χ1n) is 7.82. The number of urea groups is 1. The van der Waals surface area contributed by atoms with E-state index in [0.717, 1.165) is 5.38 Å². The Labute approximate surface area is 157 Å². The lowest BCUT2D eigenvalue weighted by Gasteiger charge is -2.33. The van der Waals surface area contributed by atoms with Crippen molar-refractivity contribution in [2.45, 2.75) is 11.1 Å². The minimum atomic E-state index is -4.57. The second-order valence-corrected chi connectivity index (χ2v) is 8.47. The lowest BCUT2D eigenvalue weighted by molar-refractivity contribution is -0.140. The van der Waals surface area contributed by atoms with E-state index in [1.807, 2.05) is 0 Å². The molecule has 27 heavy (non-hydrogen) atoms. The molecule has 0 radical (unpaired) electrons. The summed E-state index contributed by atoms with van der Waals surface area (Å²) in [6.45, 7) is 0.428. The minimum absolute atomic E-state index is 0.0936. The average molecular weight is 420 g/mol. The fourth-order valence-corrected chi connectivity index (χ4v) is 4.66. The number of benzene rings is 1. The second kappa shape index (κ2) is 7.44. The molecule has 1 aliphatic heterocycles. The van der Waals surface area contributed by atoms with Gasteiger partial charge in [0.1, 0.15) is 0 Å². The summed E-state index contributed by atoms with van der Waals surface area (Å²) in [5, 5.41) is 2.97. The van der Waals surface area contributed by atoms with Crippen molar-refractivity contribution in [2.75, 3.05) is 31.5 Å². The van der Waals surface area contributed by atoms with Crippen LogP contribution in [-0.4, -0.2) is 54.8 Å². The smallest absolute Gasteiger partial charge is 0.322 e. The number of halogens is 3. The van der Waals surface area contributed by atoms with E-state index in [9.17, 15) is 26.4 Å². The predicted octanol–water partition coefficient (Wildman–Crippen LogP) is 2.70. The number of rotatable bonds is 3. The molecule has 2 amide bonds. The van der Waals surface area contributed by atoms with Crippen molar-refractivity contribution in [1.82, 2.24) is 14.2 Å². The zero-order valence-corrected chi connectivity index (χ0v) is 15.4. The maximum atomic E-state index is 12.5. The van der Waals surface area contributed by atoms with Crippen LogP contribution in [0.2, 0.25) is 0 Å². The number of carbonyl (C=O) groups excluding carboxylic acids is 1. The van der Waals surface area contributed by atoms with Gasteiger partial charge in [-0.2, -0.15) is 17.5 Å². The third kappa shape index (κ3) is 4.39. The fourth-order valence-electron chi connectivity index (χ4n) is 2.50. The Kier molecular flexibility index (Phi) is 5.40. The standard InChI is InChI=1S/C15H15F3N4O3S2/c16-15(17,18)12-10-26-13(19-12)20-14(23)21-6-8-22(9-7-21)27(24,25)11-4-2-1-3-5-11/h1-5,10H,6-9H2,(H,19,20,23). The topological polar surface area (TPSA) is 82.6 Å². The van der Waals surface area contributed by atoms with Crippen molar-refractivity contribution in [3.63, 3.8) is 0 Å². The number of piperazine rings is 1. The summed E-state index contributed by atoms with van der Waals surface area (Å²) in [6.07, 6.45) is -4.57. The monoisotopic (exact) mass is 420 g/mol. The normalized spacial score (nSPS) is 16.3. The number of thiazole rings is 1. The van der Waals surface area contributed by atoms with Gasteiger partial charge < -0.3 is 4.90 Å². The van der Waals surface area contributed by atoms with Gasteiger partial charge in [-0.05, 0) is 12.1 Å². The molecule has 7 nitrogen and oxygen atoms in total. The number of alkyl halides is 3. The molecule has 3 rings (SSSR count). The zero-order chi connectivity index (χ0) is 19.7. The molecule has 0 aliphatic carbocycles. The highest BCUT2D eigenvalue weighted by Gasteiger charge is 2.34. The van der Waals surface area contributed by atoms with Gasteiger partial charge in [-0.3, -0.25) is 5.32 Å². The molecule has 1 saturated heterocycles. The van der Waals surface area contributed by atoms with Crippen LogP contribution in [-0.2, 0) is 16.2 Å². The Morgan fingerprint density at radius 3 is 2.30 bits per heavy atom. The van der Waals surface area contributed by atoms with Crippen molar-refractivity contribution in [1.29, 1.82) is 0 Å². The summed E-state index contributed by atoms with van der Waals surface area (Å²) in [6, 6.07) is 7.34. The molecule has 0 spiro atoms. The molecule has 1 N–H and O–H groups in total. The van der Waals surface area contributed by atoms with Gasteiger partial charge in [0.25, 0.3) is 0 Å². The molecule has 12 heteroatoms. The van der Waals surface area contributed by atoms with Crippen LogP contribution in [0.3, 0.4) is 0 Å². The minimum Gasteiger partial charge on any atom is -0.322 e. The Hall–Kier alpha value is -2.18. The van der Waals surface area contributed by atoms with E-state index < -0.39 is 27.9 Å². The molecule has 1 aliphatic rings. The Morgan fingerprint density at radius 1 is 1.11 bits per heavy atom. The van der Waals surface area contributed by atoms with Crippen LogP contribution in [0.5, 0.6) is 0 Å². The molecular weight excluding hydrogens is 405 g/mol. The maximum absolute atomic E-state index is 12.5. The van der Waals surface area contributed by atoms with Gasteiger partial charge in [0.05, 0.1) is 4.90 Å². The van der Waals surface area contributed by atoms with Crippen LogP contribution < -0.4 is 5.32 Å². The van der Waals surface area contributed by atoms with Gasteiger partial charge in [-0.25, -0.2) is 18.2 Å². The summed E-state index contributed by atoms with van der Waals surface area (Å²) < 4.78 is 64.0. The Bertz CT molecular complexity index is 908. The summed E-state index contributed by atoms with van der Waals surface area (Å²) >= 11 is 0.675. The summed E-state index contributed by atoms with van der Waals surface area (Å²) in [5.41, 5.74) is -1.07. The first-order valence-corrected chi connectivity index (χ1v) is 10.1. The number of nitrogens with one attached hydrogen (secondary N) is 1. The van der Waals surface area contributed by atoms with Gasteiger partial charge in [-0.15, -0.1) is 11.3 Å². The molecule has 1 aromatic carbocycles. The van der Waals surface area contributed by atoms with Crippen LogP contribution in [0.15, 0.2) is 40.6 Å². The van der Waals surface area contributed by atoms with Crippen LogP contribution in [0, 0.1) is 0 Å². The zero-order valence-electron chi connectivity index (χ0n) is 13.8. The molecule has 0 unspecified atom stereocenters. The number of sulfonamides is 1. The van der Waals surface area contributed by atoms with Crippen molar-refractivity contribution >= 4 is 32.5 Å². The number of nitrogens with zero attached hydrogens (tertiary/aromatic N) is 3. The average Bonchev–Trinajstić information content (AvgIpc) is 3.11. The van der Waals surface area contributed by atoms with Gasteiger partial charge >= 0.3 is 12.2 Å². The van der Waals surface area contributed by atoms with E-state index >= 15 is 0 Å². The van der Waals surface area contributed by atoms with Gasteiger partial charge in [0, 0.05) is 31.6 Å². The van der Waals surface area contributed by atoms with Crippen molar-refractivity contribution in [3.05, 3.63) is 41.4 Å². The SMILES string of the molecule is O=C(Nc1nc(C(F)(F)F)cs1)N1CCN(S(=O)(=O)c2ccccc2)CC1. The highest BCUT2D eigenvalue weighted by molar-refractivity contribution is 7.89. The fraction of sp³-hybridized carbons (Fsp3) is 0.333. The molecule has 0 bridgehead atoms. The second-order valence-electron chi connectivity index (χ2n) is 5.67. The molecule has 146 valence electrons. The number of amides is 2. The summed E-state index contributed by atoms with van der Waals surface area (Å²) in [7, 11) is -3.64. The summed E-state index contributed by atoms with van der Waals surface area (Å²) in [4.78, 5) is 17.0. The van der Waals surface area contributed by atoms with Crippen LogP contribution in [0.1, 0.15) is 5.69 Å². The van der Waals surface area contributed by atoms with Crippen LogP contribution in [0.4, 0.5) is 23.1 Å². The molecule has 0 saturated carbocycles. The van der Waals surface area contributed by atoms with Gasteiger partial charge in [-0.1, -0.05) is 18.2 Å². The van der Waals surface area contributed by atoms with Crippen molar-refractivity contribution in [2.24, 2.45) is 0 Å². The first kappa shape index (κ1) is 19.6. The van der Waals surface area contributed by atoms with Crippen molar-refractivity contribution < 1.29 is 26.4 Å². The molecule has 2 aromatic rings. The third-order valence-electron chi connectivity index (χ3n) is 3.92. The number of anilines is 1. The molecule has 1 aromatic heterocycles. The Balaban J connectivity index is 1.59. The number of carbonyl (C=O) groups is 1. The molecular formula is C15H15F3N4O3S2. The van der Waals surface area contributed by atoms with E-state index in [1.165, 1.54) is 21.3 Å². The molecule has 1 fully saturated rings. The quantitative estimate of drug-likeness (QED) is 0.828. The summed E-state index contributed by atoms with van der Waals surface area (Å²) in [5.74, 6) is 0. The van der Waals surface area contributed by atoms with E-state index in [1.54, 1.807) is 18.2 Å². The van der Waals surface area contributed by atoms with Gasteiger partial charge in [0.15, 0.2) is 10.8 Å². The lowest BCUT2D eigenvalue weighted by atomic mass is 10.4. The third-order valence-corrected chi connectivity index (χ3v) is 6.59. The van der Waals surface area contributed by atoms with E-state index in [4.69, 9.17) is 0 Å². The number of aromatic nitrogens is 1. The Morgan fingerprint density at radius 2 is 1.74 bits per heavy atom. The lowest BCUT2D eigenvalue weighted by Crippen LogP contribution is -2.51. The van der Waals surface area contributed by atoms with Crippen LogP contribution >= 0.6 is 11.3 Å². The maximum Gasteiger partial charge on any atom is 0.434 e. The van der Waals surface area contributed by atoms with Crippen LogP contribution in [0.25, 0.3) is 0 Å². The van der Waals surface area contributed by atoms with E-state index in [0.29, 0.717) is 11.3 Å². The van der Waals surface area contributed by atoms with Crippen molar-refractivity contribution in [3.8, 4) is 0 Å². The van der Waals surface area contributed by atoms with E-state index in [-0.39, 0.29) is 36.2 Å². The predicted molar refractivity (Wildman–Crippen MR) is 92.9 cm³/mol. The molecule has 2 heterocycles. The highest BCUT2D eigenvalue weighted by Crippen LogP contribution is 2.31. The molecule has 0 atom stereocenters. The largest absolute Gasteiger partial charge is 0.434 e.